The molecule has 2 heterocycles. The Morgan fingerprint density at radius 1 is 1.11 bits per heavy atom. The van der Waals surface area contributed by atoms with Crippen LogP contribution in [-0.2, 0) is 0 Å². The Morgan fingerprint density at radius 3 is 2.68 bits per heavy atom. The number of furan rings is 1. The minimum absolute atomic E-state index is 0.249. The van der Waals surface area contributed by atoms with Gasteiger partial charge in [0.05, 0.1) is 23.5 Å². The summed E-state index contributed by atoms with van der Waals surface area (Å²) in [5, 5.41) is 15.6. The van der Waals surface area contributed by atoms with Gasteiger partial charge in [-0.1, -0.05) is 42.5 Å². The zero-order chi connectivity index (χ0) is 19.5. The van der Waals surface area contributed by atoms with E-state index < -0.39 is 4.92 Å². The molecule has 0 fully saturated rings. The minimum atomic E-state index is -0.605. The molecule has 0 saturated carbocycles. The van der Waals surface area contributed by atoms with E-state index in [0.717, 1.165) is 27.7 Å². The van der Waals surface area contributed by atoms with Crippen LogP contribution in [0.15, 0.2) is 70.2 Å². The molecule has 8 nitrogen and oxygen atoms in total. The van der Waals surface area contributed by atoms with Crippen molar-refractivity contribution in [3.05, 3.63) is 82.1 Å². The SMILES string of the molecule is Cc1ccc2c(-c3ccccc3)nc(N/N=C/c3ccc([N+](=O)[O-])o3)nc2c1. The molecule has 4 rings (SSSR count). The smallest absolute Gasteiger partial charge is 0.400 e. The molecule has 0 unspecified atom stereocenters. The van der Waals surface area contributed by atoms with Crippen LogP contribution in [0.2, 0.25) is 0 Å². The molecular formula is C20H15N5O3. The van der Waals surface area contributed by atoms with Crippen LogP contribution in [0.5, 0.6) is 0 Å². The molecule has 0 aliphatic carbocycles. The third-order valence-corrected chi connectivity index (χ3v) is 4.05. The Kier molecular flexibility index (Phi) is 4.51. The van der Waals surface area contributed by atoms with E-state index in [-0.39, 0.29) is 11.6 Å². The first-order chi connectivity index (χ1) is 13.6. The summed E-state index contributed by atoms with van der Waals surface area (Å²) in [5.41, 5.74) is 6.40. The standard InChI is InChI=1S/C20H15N5O3/c1-13-7-9-16-17(11-13)22-20(23-19(16)14-5-3-2-4-6-14)24-21-12-15-8-10-18(28-15)25(26)27/h2-12H,1H3,(H,22,23,24)/b21-12+. The second-order valence-electron chi connectivity index (χ2n) is 6.09. The van der Waals surface area contributed by atoms with E-state index in [1.807, 2.05) is 55.5 Å². The molecule has 2 aromatic carbocycles. The number of aromatic nitrogens is 2. The number of nitro groups is 1. The second-order valence-corrected chi connectivity index (χ2v) is 6.09. The van der Waals surface area contributed by atoms with Crippen molar-refractivity contribution in [3.63, 3.8) is 0 Å². The van der Waals surface area contributed by atoms with Gasteiger partial charge in [-0.05, 0) is 24.6 Å². The maximum atomic E-state index is 10.7. The van der Waals surface area contributed by atoms with Crippen LogP contribution in [0.25, 0.3) is 22.2 Å². The molecule has 0 spiro atoms. The summed E-state index contributed by atoms with van der Waals surface area (Å²) in [6, 6.07) is 18.5. The van der Waals surface area contributed by atoms with Gasteiger partial charge in [0.15, 0.2) is 5.76 Å². The van der Waals surface area contributed by atoms with Gasteiger partial charge in [-0.25, -0.2) is 15.4 Å². The van der Waals surface area contributed by atoms with E-state index in [1.54, 1.807) is 0 Å². The quantitative estimate of drug-likeness (QED) is 0.312. The lowest BCUT2D eigenvalue weighted by molar-refractivity contribution is -0.402. The molecule has 0 amide bonds. The molecule has 0 bridgehead atoms. The monoisotopic (exact) mass is 373 g/mol. The third kappa shape index (κ3) is 3.56. The van der Waals surface area contributed by atoms with E-state index in [4.69, 9.17) is 4.42 Å². The fraction of sp³-hybridized carbons (Fsp3) is 0.0500. The van der Waals surface area contributed by atoms with Crippen molar-refractivity contribution < 1.29 is 9.34 Å². The summed E-state index contributed by atoms with van der Waals surface area (Å²) in [5.74, 6) is 0.221. The number of hydrazone groups is 1. The first kappa shape index (κ1) is 17.3. The number of hydrogen-bond donors (Lipinski definition) is 1. The molecule has 2 aromatic heterocycles. The van der Waals surface area contributed by atoms with Crippen molar-refractivity contribution in [2.75, 3.05) is 5.43 Å². The van der Waals surface area contributed by atoms with Crippen LogP contribution in [0.4, 0.5) is 11.8 Å². The summed E-state index contributed by atoms with van der Waals surface area (Å²) in [6.07, 6.45) is 1.33. The maximum absolute atomic E-state index is 10.7. The number of benzene rings is 2. The van der Waals surface area contributed by atoms with Gasteiger partial charge in [0.2, 0.25) is 5.95 Å². The molecule has 0 aliphatic rings. The Labute approximate surface area is 159 Å². The number of fused-ring (bicyclic) bond motifs is 1. The predicted octanol–water partition coefficient (Wildman–Crippen LogP) is 4.55. The number of hydrogen-bond acceptors (Lipinski definition) is 7. The highest BCUT2D eigenvalue weighted by Gasteiger charge is 2.11. The Balaban J connectivity index is 1.68. The highest BCUT2D eigenvalue weighted by Crippen LogP contribution is 2.27. The lowest BCUT2D eigenvalue weighted by Gasteiger charge is -2.09. The van der Waals surface area contributed by atoms with Gasteiger partial charge in [0.25, 0.3) is 0 Å². The van der Waals surface area contributed by atoms with Gasteiger partial charge >= 0.3 is 5.88 Å². The number of anilines is 1. The number of nitrogens with one attached hydrogen (secondary N) is 1. The average molecular weight is 373 g/mol. The van der Waals surface area contributed by atoms with Crippen LogP contribution in [0.1, 0.15) is 11.3 Å². The van der Waals surface area contributed by atoms with Gasteiger partial charge < -0.3 is 4.42 Å². The van der Waals surface area contributed by atoms with Gasteiger partial charge in [-0.15, -0.1) is 0 Å². The number of rotatable bonds is 5. The Hall–Kier alpha value is -4.07. The van der Waals surface area contributed by atoms with Gasteiger partial charge in [-0.2, -0.15) is 5.10 Å². The van der Waals surface area contributed by atoms with Crippen molar-refractivity contribution in [1.82, 2.24) is 9.97 Å². The lowest BCUT2D eigenvalue weighted by Crippen LogP contribution is -2.00. The van der Waals surface area contributed by atoms with E-state index in [1.165, 1.54) is 18.3 Å². The summed E-state index contributed by atoms with van der Waals surface area (Å²) >= 11 is 0. The molecule has 0 aliphatic heterocycles. The summed E-state index contributed by atoms with van der Waals surface area (Å²) in [4.78, 5) is 19.2. The van der Waals surface area contributed by atoms with Gasteiger partial charge in [0, 0.05) is 10.9 Å². The van der Waals surface area contributed by atoms with Crippen LogP contribution >= 0.6 is 0 Å². The Bertz CT molecular complexity index is 1190. The maximum Gasteiger partial charge on any atom is 0.433 e. The molecule has 0 atom stereocenters. The summed E-state index contributed by atoms with van der Waals surface area (Å²) in [6.45, 7) is 2.00. The van der Waals surface area contributed by atoms with Gasteiger partial charge in [0.1, 0.15) is 4.92 Å². The largest absolute Gasteiger partial charge is 0.433 e. The van der Waals surface area contributed by atoms with E-state index >= 15 is 0 Å². The van der Waals surface area contributed by atoms with E-state index in [9.17, 15) is 10.1 Å². The third-order valence-electron chi connectivity index (χ3n) is 4.05. The fourth-order valence-corrected chi connectivity index (χ4v) is 2.77. The number of aryl methyl sites for hydroxylation is 1. The molecule has 8 heteroatoms. The van der Waals surface area contributed by atoms with E-state index in [0.29, 0.717) is 5.95 Å². The zero-order valence-electron chi connectivity index (χ0n) is 14.9. The van der Waals surface area contributed by atoms with Crippen LogP contribution in [0.3, 0.4) is 0 Å². The van der Waals surface area contributed by atoms with Crippen LogP contribution in [0, 0.1) is 17.0 Å². The van der Waals surface area contributed by atoms with Crippen molar-refractivity contribution >= 4 is 29.0 Å². The van der Waals surface area contributed by atoms with Crippen molar-refractivity contribution in [2.45, 2.75) is 6.92 Å². The summed E-state index contributed by atoms with van der Waals surface area (Å²) in [7, 11) is 0. The van der Waals surface area contributed by atoms with Crippen molar-refractivity contribution in [3.8, 4) is 11.3 Å². The van der Waals surface area contributed by atoms with Crippen LogP contribution < -0.4 is 5.43 Å². The highest BCUT2D eigenvalue weighted by atomic mass is 16.6. The van der Waals surface area contributed by atoms with Gasteiger partial charge in [-0.3, -0.25) is 10.1 Å². The topological polar surface area (TPSA) is 106 Å². The minimum Gasteiger partial charge on any atom is -0.400 e. The fourth-order valence-electron chi connectivity index (χ4n) is 2.77. The predicted molar refractivity (Wildman–Crippen MR) is 106 cm³/mol. The Morgan fingerprint density at radius 2 is 1.93 bits per heavy atom. The average Bonchev–Trinajstić information content (AvgIpc) is 3.17. The van der Waals surface area contributed by atoms with E-state index in [2.05, 4.69) is 20.5 Å². The van der Waals surface area contributed by atoms with Crippen molar-refractivity contribution in [2.24, 2.45) is 5.10 Å². The zero-order valence-corrected chi connectivity index (χ0v) is 14.9. The molecule has 138 valence electrons. The molecule has 1 N–H and O–H groups in total. The lowest BCUT2D eigenvalue weighted by atomic mass is 10.1. The van der Waals surface area contributed by atoms with Crippen molar-refractivity contribution in [1.29, 1.82) is 0 Å². The highest BCUT2D eigenvalue weighted by molar-refractivity contribution is 5.93. The molecule has 0 radical (unpaired) electrons. The normalized spacial score (nSPS) is 11.2. The number of nitrogens with zero attached hydrogens (tertiary/aromatic N) is 4. The summed E-state index contributed by atoms with van der Waals surface area (Å²) < 4.78 is 5.03. The first-order valence-electron chi connectivity index (χ1n) is 8.47. The molecule has 0 saturated heterocycles. The molecular weight excluding hydrogens is 358 g/mol. The first-order valence-corrected chi connectivity index (χ1v) is 8.47. The van der Waals surface area contributed by atoms with Crippen LogP contribution in [-0.4, -0.2) is 21.1 Å². The molecule has 28 heavy (non-hydrogen) atoms. The molecule has 4 aromatic rings. The second kappa shape index (κ2) is 7.28.